The lowest BCUT2D eigenvalue weighted by molar-refractivity contribution is 0.101. The molecule has 0 spiro atoms. The smallest absolute Gasteiger partial charge is 0.159 e. The molecule has 0 heterocycles. The van der Waals surface area contributed by atoms with Crippen LogP contribution in [0.3, 0.4) is 0 Å². The van der Waals surface area contributed by atoms with Crippen molar-refractivity contribution in [1.29, 1.82) is 0 Å². The van der Waals surface area contributed by atoms with Gasteiger partial charge in [0.1, 0.15) is 5.75 Å². The minimum atomic E-state index is 0.0815. The Hall–Kier alpha value is -1.31. The zero-order valence-electron chi connectivity index (χ0n) is 9.33. The average Bonchev–Trinajstić information content (AvgIpc) is 2.22. The van der Waals surface area contributed by atoms with E-state index in [2.05, 4.69) is 0 Å². The summed E-state index contributed by atoms with van der Waals surface area (Å²) in [4.78, 5) is 10.9. The van der Waals surface area contributed by atoms with Crippen LogP contribution in [0.15, 0.2) is 24.3 Å². The highest BCUT2D eigenvalue weighted by atomic mass is 16.5. The molecule has 2 heteroatoms. The molecule has 0 N–H and O–H groups in total. The number of hydrogen-bond acceptors (Lipinski definition) is 2. The van der Waals surface area contributed by atoms with Crippen LogP contribution in [-0.2, 0) is 0 Å². The zero-order chi connectivity index (χ0) is 11.0. The zero-order valence-corrected chi connectivity index (χ0v) is 9.33. The lowest BCUT2D eigenvalue weighted by atomic mass is 10.1. The Labute approximate surface area is 85.9 Å². The van der Waals surface area contributed by atoms with Gasteiger partial charge in [-0.25, -0.2) is 0 Å². The first kappa shape index (κ1) is 12.7. The fourth-order valence-electron chi connectivity index (χ4n) is 0.953. The second kappa shape index (κ2) is 7.13. The Balaban J connectivity index is 0.000000791. The van der Waals surface area contributed by atoms with Gasteiger partial charge in [0.15, 0.2) is 5.78 Å². The first-order valence-corrected chi connectivity index (χ1v) is 4.98. The topological polar surface area (TPSA) is 26.3 Å². The van der Waals surface area contributed by atoms with E-state index < -0.39 is 0 Å². The molecule has 0 atom stereocenters. The number of hydrogen-bond donors (Lipinski definition) is 0. The van der Waals surface area contributed by atoms with Crippen LogP contribution in [-0.4, -0.2) is 12.4 Å². The molecular formula is C12H18O2. The Morgan fingerprint density at radius 3 is 2.07 bits per heavy atom. The SMILES string of the molecule is CC.CCOc1ccc(C(C)=O)cc1. The first-order chi connectivity index (χ1) is 6.74. The maximum Gasteiger partial charge on any atom is 0.159 e. The monoisotopic (exact) mass is 194 g/mol. The third-order valence-electron chi connectivity index (χ3n) is 1.57. The van der Waals surface area contributed by atoms with Crippen LogP contribution in [0, 0.1) is 0 Å². The van der Waals surface area contributed by atoms with E-state index in [-0.39, 0.29) is 5.78 Å². The quantitative estimate of drug-likeness (QED) is 0.690. The highest BCUT2D eigenvalue weighted by Crippen LogP contribution is 2.11. The van der Waals surface area contributed by atoms with E-state index in [0.29, 0.717) is 6.61 Å². The van der Waals surface area contributed by atoms with E-state index in [1.165, 1.54) is 0 Å². The summed E-state index contributed by atoms with van der Waals surface area (Å²) in [5, 5.41) is 0. The predicted molar refractivity (Wildman–Crippen MR) is 59.0 cm³/mol. The minimum absolute atomic E-state index is 0.0815. The van der Waals surface area contributed by atoms with Crippen molar-refractivity contribution in [2.24, 2.45) is 0 Å². The summed E-state index contributed by atoms with van der Waals surface area (Å²) in [7, 11) is 0. The second-order valence-corrected chi connectivity index (χ2v) is 2.51. The molecule has 0 saturated heterocycles. The van der Waals surface area contributed by atoms with Crippen molar-refractivity contribution in [3.05, 3.63) is 29.8 Å². The Bertz CT molecular complexity index is 262. The lowest BCUT2D eigenvalue weighted by Crippen LogP contribution is -1.94. The van der Waals surface area contributed by atoms with E-state index in [1.807, 2.05) is 20.8 Å². The number of Topliss-reactive ketones (excluding diaryl/α,β-unsaturated/α-hetero) is 1. The van der Waals surface area contributed by atoms with Crippen LogP contribution in [0.2, 0.25) is 0 Å². The first-order valence-electron chi connectivity index (χ1n) is 4.98. The van der Waals surface area contributed by atoms with E-state index in [1.54, 1.807) is 31.2 Å². The number of benzene rings is 1. The number of ether oxygens (including phenoxy) is 1. The summed E-state index contributed by atoms with van der Waals surface area (Å²) in [6, 6.07) is 7.15. The molecule has 1 aromatic carbocycles. The number of carbonyl (C=O) groups is 1. The number of rotatable bonds is 3. The van der Waals surface area contributed by atoms with Gasteiger partial charge in [0.25, 0.3) is 0 Å². The van der Waals surface area contributed by atoms with Gasteiger partial charge < -0.3 is 4.74 Å². The highest BCUT2D eigenvalue weighted by molar-refractivity contribution is 5.94. The minimum Gasteiger partial charge on any atom is -0.494 e. The molecule has 0 aromatic heterocycles. The summed E-state index contributed by atoms with van der Waals surface area (Å²) in [5.74, 6) is 0.889. The molecule has 78 valence electrons. The van der Waals surface area contributed by atoms with Gasteiger partial charge in [0, 0.05) is 5.56 Å². The van der Waals surface area contributed by atoms with Crippen molar-refractivity contribution in [1.82, 2.24) is 0 Å². The predicted octanol–water partition coefficient (Wildman–Crippen LogP) is 3.31. The van der Waals surface area contributed by atoms with Crippen molar-refractivity contribution < 1.29 is 9.53 Å². The third-order valence-corrected chi connectivity index (χ3v) is 1.57. The van der Waals surface area contributed by atoms with E-state index in [4.69, 9.17) is 4.74 Å². The van der Waals surface area contributed by atoms with E-state index in [0.717, 1.165) is 11.3 Å². The molecule has 1 rings (SSSR count). The molecule has 0 unspecified atom stereocenters. The second-order valence-electron chi connectivity index (χ2n) is 2.51. The van der Waals surface area contributed by atoms with Gasteiger partial charge in [0.05, 0.1) is 6.61 Å². The summed E-state index contributed by atoms with van der Waals surface area (Å²) in [5.41, 5.74) is 0.721. The van der Waals surface area contributed by atoms with Crippen LogP contribution >= 0.6 is 0 Å². The molecule has 0 aliphatic rings. The van der Waals surface area contributed by atoms with Crippen molar-refractivity contribution in [3.63, 3.8) is 0 Å². The Morgan fingerprint density at radius 2 is 1.71 bits per heavy atom. The van der Waals surface area contributed by atoms with E-state index >= 15 is 0 Å². The normalized spacial score (nSPS) is 8.57. The maximum absolute atomic E-state index is 10.9. The maximum atomic E-state index is 10.9. The molecule has 2 nitrogen and oxygen atoms in total. The van der Waals surface area contributed by atoms with Crippen LogP contribution in [0.5, 0.6) is 5.75 Å². The summed E-state index contributed by atoms with van der Waals surface area (Å²) in [6.07, 6.45) is 0. The third kappa shape index (κ3) is 4.08. The molecule has 1 aromatic rings. The molecule has 0 aliphatic carbocycles. The fraction of sp³-hybridized carbons (Fsp3) is 0.417. The van der Waals surface area contributed by atoms with Gasteiger partial charge in [-0.15, -0.1) is 0 Å². The molecule has 0 fully saturated rings. The van der Waals surface area contributed by atoms with Crippen LogP contribution < -0.4 is 4.74 Å². The fourth-order valence-corrected chi connectivity index (χ4v) is 0.953. The summed E-state index contributed by atoms with van der Waals surface area (Å²) >= 11 is 0. The van der Waals surface area contributed by atoms with Crippen LogP contribution in [0.4, 0.5) is 0 Å². The molecule has 0 radical (unpaired) electrons. The Morgan fingerprint density at radius 1 is 1.21 bits per heavy atom. The average molecular weight is 194 g/mol. The van der Waals surface area contributed by atoms with E-state index in [9.17, 15) is 4.79 Å². The Kier molecular flexibility index (Phi) is 6.46. The van der Waals surface area contributed by atoms with Crippen molar-refractivity contribution in [3.8, 4) is 5.75 Å². The van der Waals surface area contributed by atoms with Crippen molar-refractivity contribution in [2.75, 3.05) is 6.61 Å². The standard InChI is InChI=1S/C10H12O2.C2H6/c1-3-12-10-6-4-9(5-7-10)8(2)11;1-2/h4-7H,3H2,1-2H3;1-2H3. The molecule has 0 aliphatic heterocycles. The van der Waals surface area contributed by atoms with Crippen molar-refractivity contribution in [2.45, 2.75) is 27.7 Å². The van der Waals surface area contributed by atoms with Gasteiger partial charge in [-0.2, -0.15) is 0 Å². The summed E-state index contributed by atoms with van der Waals surface area (Å²) in [6.45, 7) is 8.13. The van der Waals surface area contributed by atoms with Crippen LogP contribution in [0.1, 0.15) is 38.1 Å². The molecule has 0 bridgehead atoms. The molecule has 14 heavy (non-hydrogen) atoms. The molecule has 0 amide bonds. The van der Waals surface area contributed by atoms with Gasteiger partial charge in [-0.3, -0.25) is 4.79 Å². The van der Waals surface area contributed by atoms with Gasteiger partial charge in [-0.05, 0) is 38.1 Å². The molecule has 0 saturated carbocycles. The van der Waals surface area contributed by atoms with Gasteiger partial charge >= 0.3 is 0 Å². The number of carbonyl (C=O) groups excluding carboxylic acids is 1. The lowest BCUT2D eigenvalue weighted by Gasteiger charge is -2.02. The molecular weight excluding hydrogens is 176 g/mol. The highest BCUT2D eigenvalue weighted by Gasteiger charge is 1.97. The largest absolute Gasteiger partial charge is 0.494 e. The van der Waals surface area contributed by atoms with Gasteiger partial charge in [0.2, 0.25) is 0 Å². The number of ketones is 1. The van der Waals surface area contributed by atoms with Gasteiger partial charge in [-0.1, -0.05) is 13.8 Å². The summed E-state index contributed by atoms with van der Waals surface area (Å²) < 4.78 is 5.23. The van der Waals surface area contributed by atoms with Crippen LogP contribution in [0.25, 0.3) is 0 Å². The van der Waals surface area contributed by atoms with Crippen molar-refractivity contribution >= 4 is 5.78 Å².